The highest BCUT2D eigenvalue weighted by Crippen LogP contribution is 2.11. The van der Waals surface area contributed by atoms with Gasteiger partial charge in [-0.2, -0.15) is 0 Å². The summed E-state index contributed by atoms with van der Waals surface area (Å²) in [5.41, 5.74) is 5.51. The first-order chi connectivity index (χ1) is 25.6. The first kappa shape index (κ1) is 54.2. The summed E-state index contributed by atoms with van der Waals surface area (Å²) in [6.07, 6.45) is 4.56. The number of hydrazine groups is 3. The maximum atomic E-state index is 11.0. The van der Waals surface area contributed by atoms with E-state index in [2.05, 4.69) is 21.1 Å². The van der Waals surface area contributed by atoms with Gasteiger partial charge in [0.15, 0.2) is 0 Å². The normalized spacial score (nSPS) is 18.4. The molecule has 0 aromatic heterocycles. The minimum Gasteiger partial charge on any atom is -0.443 e. The van der Waals surface area contributed by atoms with E-state index in [1.165, 1.54) is 0 Å². The number of ether oxygens (including phenoxy) is 7. The molecule has 0 saturated carbocycles. The number of azo groups is 1. The molecule has 10 N–H and O–H groups in total. The number of hydrogen-bond acceptors (Lipinski definition) is 17. The van der Waals surface area contributed by atoms with Gasteiger partial charge in [-0.05, 0) is 101 Å². The molecule has 0 bridgehead atoms. The lowest BCUT2D eigenvalue weighted by atomic mass is 10.1. The van der Waals surface area contributed by atoms with E-state index in [1.54, 1.807) is 62.3 Å². The highest BCUT2D eigenvalue weighted by Gasteiger charge is 2.19. The molecule has 4 aliphatic heterocycles. The van der Waals surface area contributed by atoms with Crippen LogP contribution in [-0.4, -0.2) is 117 Å². The first-order valence-electron chi connectivity index (χ1n) is 18.6. The fraction of sp³-hybridized carbons (Fsp3) is 0.886. The number of carbonyl (C=O) groups excluding carboxylic acids is 4. The maximum Gasteiger partial charge on any atom is 0.453 e. The van der Waals surface area contributed by atoms with Crippen molar-refractivity contribution < 1.29 is 57.4 Å². The van der Waals surface area contributed by atoms with Crippen molar-refractivity contribution >= 4 is 24.1 Å². The highest BCUT2D eigenvalue weighted by molar-refractivity contribution is 5.79. The van der Waals surface area contributed by atoms with Crippen LogP contribution in [0.4, 0.5) is 14.4 Å². The average Bonchev–Trinajstić information content (AvgIpc) is 3.11. The summed E-state index contributed by atoms with van der Waals surface area (Å²) in [5.74, 6) is 15.5. The van der Waals surface area contributed by atoms with Crippen LogP contribution in [0.5, 0.6) is 0 Å². The number of carbonyl (C=O) groups is 4. The average molecular weight is 797 g/mol. The van der Waals surface area contributed by atoms with Crippen LogP contribution in [0, 0.1) is 0 Å². The molecule has 4 heterocycles. The fourth-order valence-electron chi connectivity index (χ4n) is 3.97. The maximum absolute atomic E-state index is 11.0. The van der Waals surface area contributed by atoms with Gasteiger partial charge in [-0.15, -0.1) is 0 Å². The number of nitrogens with two attached hydrogens (primary N) is 3. The molecule has 4 saturated heterocycles. The predicted molar refractivity (Wildman–Crippen MR) is 204 cm³/mol. The molecule has 3 amide bonds. The summed E-state index contributed by atoms with van der Waals surface area (Å²) < 4.78 is 34.4. The van der Waals surface area contributed by atoms with Crippen molar-refractivity contribution in [3.63, 3.8) is 0 Å². The molecule has 4 fully saturated rings. The van der Waals surface area contributed by atoms with Gasteiger partial charge in [-0.1, -0.05) is 10.2 Å². The zero-order chi connectivity index (χ0) is 42.3. The Hall–Kier alpha value is -2.92. The first-order valence-corrected chi connectivity index (χ1v) is 18.6. The number of rotatable bonds is 2. The van der Waals surface area contributed by atoms with Crippen molar-refractivity contribution in [1.82, 2.24) is 16.3 Å². The van der Waals surface area contributed by atoms with Crippen molar-refractivity contribution in [2.24, 2.45) is 27.8 Å². The molecule has 4 rings (SSSR count). The summed E-state index contributed by atoms with van der Waals surface area (Å²) in [6.45, 7) is 21.6. The Morgan fingerprint density at radius 1 is 0.582 bits per heavy atom. The van der Waals surface area contributed by atoms with E-state index in [1.807, 2.05) is 5.43 Å². The largest absolute Gasteiger partial charge is 0.453 e. The molecule has 0 unspecified atom stereocenters. The van der Waals surface area contributed by atoms with Crippen LogP contribution in [0.15, 0.2) is 10.2 Å². The van der Waals surface area contributed by atoms with Crippen molar-refractivity contribution in [1.29, 1.82) is 0 Å². The van der Waals surface area contributed by atoms with E-state index >= 15 is 0 Å². The van der Waals surface area contributed by atoms with Gasteiger partial charge >= 0.3 is 18.3 Å². The Morgan fingerprint density at radius 2 is 0.891 bits per heavy atom. The van der Waals surface area contributed by atoms with Crippen molar-refractivity contribution in [3.05, 3.63) is 0 Å². The van der Waals surface area contributed by atoms with Crippen molar-refractivity contribution in [2.75, 3.05) is 52.9 Å². The molecular weight excluding hydrogens is 724 g/mol. The Morgan fingerprint density at radius 3 is 1.07 bits per heavy atom. The summed E-state index contributed by atoms with van der Waals surface area (Å²) in [4.78, 5) is 42.8. The van der Waals surface area contributed by atoms with Crippen LogP contribution in [0.2, 0.25) is 0 Å². The summed E-state index contributed by atoms with van der Waals surface area (Å²) in [5, 5.41) is 15.0. The van der Waals surface area contributed by atoms with Crippen molar-refractivity contribution in [2.45, 2.75) is 149 Å². The SMILES string of the molecule is CC(C)(C)OC(=O)N=NC(=O)OC(C)(C)C.CC(C)(C)OC(=O)NN.NNC1CCOCC1.NNC1CCOCC1.O=C1CCOCC1.OC1CCOCC1. The summed E-state index contributed by atoms with van der Waals surface area (Å²) >= 11 is 0. The number of amides is 3. The molecule has 20 nitrogen and oxygen atoms in total. The standard InChI is InChI=1S/C10H18N2O4.C5H12N2O2.2C5H12N2O.C5H10O2.C5H8O2/c1-9(2,3)15-7(13)11-12-8(14)16-10(4,5)6;1-5(2,3)9-4(8)7-6;2*6-7-5-1-3-8-4-2-5;2*6-5-1-3-7-4-2-5/h1-6H3;6H2,1-3H3,(H,7,8);2*5,7H,1-4,6H2;5-6H,1-4H2;1-4H2. The van der Waals surface area contributed by atoms with Crippen LogP contribution >= 0.6 is 0 Å². The molecule has 0 spiro atoms. The predicted octanol–water partition coefficient (Wildman–Crippen LogP) is 3.47. The van der Waals surface area contributed by atoms with Crippen LogP contribution in [-0.2, 0) is 38.0 Å². The second-order valence-electron chi connectivity index (χ2n) is 15.4. The molecule has 0 radical (unpaired) electrons. The molecule has 0 aromatic carbocycles. The number of hydrogen-bond donors (Lipinski definition) is 7. The van der Waals surface area contributed by atoms with Crippen LogP contribution < -0.4 is 33.8 Å². The third-order valence-electron chi connectivity index (χ3n) is 6.67. The van der Waals surface area contributed by atoms with E-state index in [0.29, 0.717) is 43.9 Å². The zero-order valence-corrected chi connectivity index (χ0v) is 34.6. The monoisotopic (exact) mass is 797 g/mol. The van der Waals surface area contributed by atoms with Gasteiger partial charge in [0.1, 0.15) is 22.6 Å². The van der Waals surface area contributed by atoms with Gasteiger partial charge in [0.25, 0.3) is 0 Å². The minimum atomic E-state index is -0.918. The van der Waals surface area contributed by atoms with Gasteiger partial charge in [-0.3, -0.25) is 32.8 Å². The minimum absolute atomic E-state index is 0.0891. The Kier molecular flexibility index (Phi) is 30.7. The van der Waals surface area contributed by atoms with Crippen LogP contribution in [0.1, 0.15) is 114 Å². The van der Waals surface area contributed by atoms with Crippen LogP contribution in [0.3, 0.4) is 0 Å². The molecule has 55 heavy (non-hydrogen) atoms. The fourth-order valence-corrected chi connectivity index (χ4v) is 3.97. The molecule has 0 aliphatic carbocycles. The second kappa shape index (κ2) is 31.2. The number of aliphatic hydroxyl groups is 1. The number of aliphatic hydroxyl groups excluding tert-OH is 1. The van der Waals surface area contributed by atoms with Gasteiger partial charge < -0.3 is 38.3 Å². The third kappa shape index (κ3) is 40.6. The highest BCUT2D eigenvalue weighted by atomic mass is 16.6. The zero-order valence-electron chi connectivity index (χ0n) is 34.6. The molecule has 20 heteroatoms. The summed E-state index contributed by atoms with van der Waals surface area (Å²) in [6, 6.07) is 0.979. The van der Waals surface area contributed by atoms with E-state index in [4.69, 9.17) is 55.8 Å². The Balaban J connectivity index is 0. The lowest BCUT2D eigenvalue weighted by Gasteiger charge is -2.20. The van der Waals surface area contributed by atoms with Gasteiger partial charge in [0.05, 0.1) is 19.3 Å². The van der Waals surface area contributed by atoms with Gasteiger partial charge in [0.2, 0.25) is 0 Å². The molecular formula is C35H72N8O12. The molecule has 324 valence electrons. The number of ketones is 1. The lowest BCUT2D eigenvalue weighted by molar-refractivity contribution is -0.124. The van der Waals surface area contributed by atoms with Crippen molar-refractivity contribution in [3.8, 4) is 0 Å². The third-order valence-corrected chi connectivity index (χ3v) is 6.67. The van der Waals surface area contributed by atoms with E-state index in [-0.39, 0.29) is 6.10 Å². The van der Waals surface area contributed by atoms with E-state index in [0.717, 1.165) is 78.2 Å². The summed E-state index contributed by atoms with van der Waals surface area (Å²) in [7, 11) is 0. The number of nitrogens with zero attached hydrogens (tertiary/aromatic N) is 2. The smallest absolute Gasteiger partial charge is 0.443 e. The topological polar surface area (TPSA) is 292 Å². The van der Waals surface area contributed by atoms with E-state index < -0.39 is 35.1 Å². The molecule has 0 atom stereocenters. The second-order valence-corrected chi connectivity index (χ2v) is 15.4. The van der Waals surface area contributed by atoms with Gasteiger partial charge in [0, 0.05) is 64.6 Å². The Labute approximate surface area is 326 Å². The quantitative estimate of drug-likeness (QED) is 0.0692. The number of nitrogens with one attached hydrogen (secondary N) is 3. The van der Waals surface area contributed by atoms with Gasteiger partial charge in [-0.25, -0.2) is 20.2 Å². The molecule has 0 aromatic rings. The van der Waals surface area contributed by atoms with Crippen LogP contribution in [0.25, 0.3) is 0 Å². The number of Topliss-reactive ketones (excluding diaryl/α,β-unsaturated/α-hetero) is 1. The Bertz CT molecular complexity index is 992. The molecule has 4 aliphatic rings. The van der Waals surface area contributed by atoms with E-state index in [9.17, 15) is 19.2 Å². The lowest BCUT2D eigenvalue weighted by Crippen LogP contribution is -2.39.